The number of hydrogen-bond acceptors (Lipinski definition) is 3. The molecular formula is C13H13NO3S2. The number of allylic oxidation sites excluding steroid dienone is 2. The van der Waals surface area contributed by atoms with Crippen molar-refractivity contribution >= 4 is 26.8 Å². The predicted molar refractivity (Wildman–Crippen MR) is 78.2 cm³/mol. The average molecular weight is 295 g/mol. The Morgan fingerprint density at radius 2 is 1.74 bits per heavy atom. The fraction of sp³-hybridized carbons (Fsp3) is 0. The van der Waals surface area contributed by atoms with Crippen LogP contribution in [-0.4, -0.2) is 14.3 Å². The molecule has 0 bridgehead atoms. The minimum absolute atomic E-state index is 0.0723. The molecule has 0 fully saturated rings. The molecule has 0 atom stereocenters. The van der Waals surface area contributed by atoms with E-state index in [1.54, 1.807) is 23.6 Å². The maximum atomic E-state index is 11.9. The summed E-state index contributed by atoms with van der Waals surface area (Å²) in [5.74, 6) is -0.639. The summed E-state index contributed by atoms with van der Waals surface area (Å²) in [6.07, 6.45) is 5.05. The van der Waals surface area contributed by atoms with Crippen molar-refractivity contribution in [2.75, 3.05) is 0 Å². The largest absolute Gasteiger partial charge is 0.269 e. The zero-order valence-corrected chi connectivity index (χ0v) is 11.6. The van der Waals surface area contributed by atoms with Crippen molar-refractivity contribution in [2.24, 2.45) is 0 Å². The number of amides is 1. The van der Waals surface area contributed by atoms with Crippen molar-refractivity contribution in [3.8, 4) is 0 Å². The van der Waals surface area contributed by atoms with Crippen LogP contribution in [0.25, 0.3) is 0 Å². The van der Waals surface area contributed by atoms with E-state index in [1.165, 1.54) is 18.2 Å². The second kappa shape index (κ2) is 5.90. The van der Waals surface area contributed by atoms with Crippen LogP contribution in [0.1, 0.15) is 0 Å². The Morgan fingerprint density at radius 1 is 1.11 bits per heavy atom. The maximum absolute atomic E-state index is 11.9. The van der Waals surface area contributed by atoms with Crippen LogP contribution < -0.4 is 4.72 Å². The molecule has 1 aliphatic rings. The van der Waals surface area contributed by atoms with E-state index in [1.807, 2.05) is 27.7 Å². The molecule has 2 rings (SSSR count). The summed E-state index contributed by atoms with van der Waals surface area (Å²) in [6, 6.07) is 7.79. The Balaban J connectivity index is 2.02. The van der Waals surface area contributed by atoms with Gasteiger partial charge in [-0.25, -0.2) is 13.1 Å². The standard InChI is InChI=1S/C13H13NO3S2/c15-13(8-11-18-9-4-5-10-18)14-19(16,17)12-6-2-1-3-7-12/h1-11,18H,(H,14,15). The highest BCUT2D eigenvalue weighted by Crippen LogP contribution is 2.33. The van der Waals surface area contributed by atoms with Gasteiger partial charge in [-0.2, -0.15) is 10.9 Å². The molecule has 1 aromatic rings. The number of thiol groups is 1. The van der Waals surface area contributed by atoms with Gasteiger partial charge in [0.25, 0.3) is 15.9 Å². The van der Waals surface area contributed by atoms with Gasteiger partial charge in [-0.1, -0.05) is 30.4 Å². The summed E-state index contributed by atoms with van der Waals surface area (Å²) in [7, 11) is -4.36. The van der Waals surface area contributed by atoms with Gasteiger partial charge in [-0.05, 0) is 28.4 Å². The van der Waals surface area contributed by atoms with E-state index in [0.717, 1.165) is 0 Å². The topological polar surface area (TPSA) is 63.2 Å². The summed E-state index contributed by atoms with van der Waals surface area (Å²) >= 11 is 0. The number of sulfonamides is 1. The monoisotopic (exact) mass is 295 g/mol. The van der Waals surface area contributed by atoms with E-state index in [0.29, 0.717) is 0 Å². The third kappa shape index (κ3) is 3.84. The molecule has 0 spiro atoms. The van der Waals surface area contributed by atoms with Gasteiger partial charge in [0.05, 0.1) is 4.90 Å². The lowest BCUT2D eigenvalue weighted by molar-refractivity contribution is -0.114. The molecular weight excluding hydrogens is 282 g/mol. The molecule has 1 heterocycles. The third-order valence-corrected chi connectivity index (χ3v) is 5.20. The second-order valence-corrected chi connectivity index (χ2v) is 7.20. The first-order valence-corrected chi connectivity index (χ1v) is 8.54. The lowest BCUT2D eigenvalue weighted by Gasteiger charge is -2.05. The normalized spacial score (nSPS) is 16.1. The van der Waals surface area contributed by atoms with E-state index < -0.39 is 26.8 Å². The number of carbonyl (C=O) groups excluding carboxylic acids is 1. The molecule has 0 saturated carbocycles. The average Bonchev–Trinajstić information content (AvgIpc) is 2.90. The van der Waals surface area contributed by atoms with Gasteiger partial charge in [-0.3, -0.25) is 4.79 Å². The van der Waals surface area contributed by atoms with Crippen molar-refractivity contribution in [3.05, 3.63) is 64.8 Å². The van der Waals surface area contributed by atoms with Crippen LogP contribution in [0.3, 0.4) is 0 Å². The molecule has 0 unspecified atom stereocenters. The van der Waals surface area contributed by atoms with E-state index in [4.69, 9.17) is 0 Å². The van der Waals surface area contributed by atoms with E-state index in [-0.39, 0.29) is 4.90 Å². The van der Waals surface area contributed by atoms with Crippen LogP contribution in [0.4, 0.5) is 0 Å². The maximum Gasteiger partial charge on any atom is 0.264 e. The molecule has 1 amide bonds. The van der Waals surface area contributed by atoms with Gasteiger partial charge < -0.3 is 0 Å². The quantitative estimate of drug-likeness (QED) is 0.660. The summed E-state index contributed by atoms with van der Waals surface area (Å²) in [4.78, 5) is 11.6. The van der Waals surface area contributed by atoms with Gasteiger partial charge in [0.1, 0.15) is 0 Å². The lowest BCUT2D eigenvalue weighted by atomic mass is 10.4. The summed E-state index contributed by atoms with van der Waals surface area (Å²) < 4.78 is 25.7. The van der Waals surface area contributed by atoms with Gasteiger partial charge in [0.2, 0.25) is 0 Å². The number of benzene rings is 1. The molecule has 6 heteroatoms. The van der Waals surface area contributed by atoms with Crippen molar-refractivity contribution in [3.63, 3.8) is 0 Å². The Labute approximate surface area is 114 Å². The number of nitrogens with one attached hydrogen (secondary N) is 1. The Hall–Kier alpha value is -1.79. The Morgan fingerprint density at radius 3 is 2.37 bits per heavy atom. The molecule has 1 aliphatic heterocycles. The number of carbonyl (C=O) groups is 1. The summed E-state index contributed by atoms with van der Waals surface area (Å²) in [6.45, 7) is 0. The number of rotatable bonds is 4. The molecule has 0 radical (unpaired) electrons. The highest BCUT2D eigenvalue weighted by Gasteiger charge is 2.15. The highest BCUT2D eigenvalue weighted by molar-refractivity contribution is 8.24. The lowest BCUT2D eigenvalue weighted by Crippen LogP contribution is -2.28. The minimum Gasteiger partial charge on any atom is -0.269 e. The zero-order valence-electron chi connectivity index (χ0n) is 9.93. The number of hydrogen-bond donors (Lipinski definition) is 2. The molecule has 0 saturated heterocycles. The van der Waals surface area contributed by atoms with Crippen molar-refractivity contribution in [2.45, 2.75) is 4.90 Å². The molecule has 0 aromatic heterocycles. The first-order valence-electron chi connectivity index (χ1n) is 5.50. The van der Waals surface area contributed by atoms with Crippen molar-refractivity contribution < 1.29 is 13.2 Å². The van der Waals surface area contributed by atoms with E-state index in [2.05, 4.69) is 0 Å². The summed E-state index contributed by atoms with van der Waals surface area (Å²) in [5.41, 5.74) is 0. The van der Waals surface area contributed by atoms with Gasteiger partial charge >= 0.3 is 0 Å². The predicted octanol–water partition coefficient (Wildman–Crippen LogP) is 2.05. The minimum atomic E-state index is -3.78. The molecule has 19 heavy (non-hydrogen) atoms. The van der Waals surface area contributed by atoms with Crippen LogP contribution >= 0.6 is 10.9 Å². The molecule has 0 aliphatic carbocycles. The first kappa shape index (κ1) is 13.6. The molecule has 4 nitrogen and oxygen atoms in total. The fourth-order valence-corrected chi connectivity index (χ4v) is 3.59. The Kier molecular flexibility index (Phi) is 4.24. The Bertz CT molecular complexity index is 634. The fourth-order valence-electron chi connectivity index (χ4n) is 1.43. The van der Waals surface area contributed by atoms with Gasteiger partial charge in [0, 0.05) is 6.08 Å². The van der Waals surface area contributed by atoms with Gasteiger partial charge in [0.15, 0.2) is 0 Å². The zero-order chi connectivity index (χ0) is 13.7. The van der Waals surface area contributed by atoms with E-state index in [9.17, 15) is 13.2 Å². The SMILES string of the molecule is O=C(C=C[SH]1C=CC=C1)NS(=O)(=O)c1ccccc1. The molecule has 1 aromatic carbocycles. The second-order valence-electron chi connectivity index (χ2n) is 3.73. The smallest absolute Gasteiger partial charge is 0.264 e. The molecule has 1 N–H and O–H groups in total. The van der Waals surface area contributed by atoms with Crippen molar-refractivity contribution in [1.82, 2.24) is 4.72 Å². The third-order valence-electron chi connectivity index (χ3n) is 2.31. The summed E-state index contributed by atoms with van der Waals surface area (Å²) in [5, 5.41) is 5.63. The van der Waals surface area contributed by atoms with Crippen LogP contribution in [0.15, 0.2) is 69.7 Å². The van der Waals surface area contributed by atoms with Crippen LogP contribution in [0.2, 0.25) is 0 Å². The molecule has 100 valence electrons. The van der Waals surface area contributed by atoms with Crippen LogP contribution in [0, 0.1) is 0 Å². The van der Waals surface area contributed by atoms with Gasteiger partial charge in [-0.15, -0.1) is 0 Å². The first-order chi connectivity index (χ1) is 9.08. The van der Waals surface area contributed by atoms with Crippen LogP contribution in [-0.2, 0) is 14.8 Å². The highest BCUT2D eigenvalue weighted by atomic mass is 32.2. The van der Waals surface area contributed by atoms with E-state index >= 15 is 0 Å². The van der Waals surface area contributed by atoms with Crippen molar-refractivity contribution in [1.29, 1.82) is 0 Å². The van der Waals surface area contributed by atoms with Crippen LogP contribution in [0.5, 0.6) is 0 Å².